The van der Waals surface area contributed by atoms with Gasteiger partial charge < -0.3 is 16.0 Å². The number of pyridine rings is 1. The first kappa shape index (κ1) is 13.6. The molecule has 4 nitrogen and oxygen atoms in total. The summed E-state index contributed by atoms with van der Waals surface area (Å²) in [7, 11) is 0. The fourth-order valence-corrected chi connectivity index (χ4v) is 2.77. The minimum Gasteiger partial charge on any atom is -0.397 e. The molecule has 1 saturated heterocycles. The zero-order valence-electron chi connectivity index (χ0n) is 11.0. The van der Waals surface area contributed by atoms with E-state index in [4.69, 9.17) is 5.73 Å². The summed E-state index contributed by atoms with van der Waals surface area (Å²) >= 11 is 3.55. The lowest BCUT2D eigenvalue weighted by Crippen LogP contribution is -2.33. The fourth-order valence-electron chi connectivity index (χ4n) is 2.32. The van der Waals surface area contributed by atoms with Gasteiger partial charge in [-0.2, -0.15) is 0 Å². The van der Waals surface area contributed by atoms with E-state index in [1.165, 1.54) is 25.9 Å². The molecule has 0 radical (unpaired) electrons. The monoisotopic (exact) mass is 312 g/mol. The van der Waals surface area contributed by atoms with Crippen molar-refractivity contribution in [1.82, 2.24) is 9.88 Å². The largest absolute Gasteiger partial charge is 0.397 e. The normalized spacial score (nSPS) is 17.9. The van der Waals surface area contributed by atoms with E-state index in [9.17, 15) is 0 Å². The molecule has 1 aromatic rings. The van der Waals surface area contributed by atoms with Gasteiger partial charge in [-0.15, -0.1) is 0 Å². The quantitative estimate of drug-likeness (QED) is 0.897. The van der Waals surface area contributed by atoms with Gasteiger partial charge in [0.2, 0.25) is 0 Å². The van der Waals surface area contributed by atoms with Gasteiger partial charge in [0.15, 0.2) is 0 Å². The number of anilines is 2. The fraction of sp³-hybridized carbons (Fsp3) is 0.615. The van der Waals surface area contributed by atoms with Crippen LogP contribution in [0.1, 0.15) is 25.3 Å². The maximum absolute atomic E-state index is 5.82. The third-order valence-electron chi connectivity index (χ3n) is 3.42. The Bertz CT molecular complexity index is 416. The predicted molar refractivity (Wildman–Crippen MR) is 79.8 cm³/mol. The van der Waals surface area contributed by atoms with Gasteiger partial charge in [-0.1, -0.05) is 0 Å². The molecule has 2 heterocycles. The van der Waals surface area contributed by atoms with Crippen LogP contribution in [0.2, 0.25) is 0 Å². The zero-order valence-corrected chi connectivity index (χ0v) is 12.6. The van der Waals surface area contributed by atoms with Crippen LogP contribution in [-0.4, -0.2) is 35.6 Å². The number of hydrogen-bond acceptors (Lipinski definition) is 4. The molecule has 0 aliphatic carbocycles. The molecule has 1 unspecified atom stereocenters. The van der Waals surface area contributed by atoms with Crippen LogP contribution in [0.4, 0.5) is 11.5 Å². The predicted octanol–water partition coefficient (Wildman–Crippen LogP) is 2.63. The smallest absolute Gasteiger partial charge is 0.140 e. The van der Waals surface area contributed by atoms with E-state index in [1.54, 1.807) is 6.20 Å². The maximum atomic E-state index is 5.82. The van der Waals surface area contributed by atoms with Crippen LogP contribution in [0.25, 0.3) is 0 Å². The van der Waals surface area contributed by atoms with Gasteiger partial charge in [-0.25, -0.2) is 4.98 Å². The minimum atomic E-state index is 0.384. The number of nitrogen functional groups attached to an aromatic ring is 1. The van der Waals surface area contributed by atoms with Gasteiger partial charge in [0.05, 0.1) is 16.4 Å². The van der Waals surface area contributed by atoms with Crippen molar-refractivity contribution in [2.45, 2.75) is 32.7 Å². The van der Waals surface area contributed by atoms with Crippen molar-refractivity contribution in [2.75, 3.05) is 30.7 Å². The summed E-state index contributed by atoms with van der Waals surface area (Å²) in [5.41, 5.74) is 7.59. The molecule has 0 amide bonds. The van der Waals surface area contributed by atoms with Crippen molar-refractivity contribution in [2.24, 2.45) is 0 Å². The van der Waals surface area contributed by atoms with Crippen molar-refractivity contribution < 1.29 is 0 Å². The average molecular weight is 313 g/mol. The Morgan fingerprint density at radius 3 is 2.83 bits per heavy atom. The van der Waals surface area contributed by atoms with Gasteiger partial charge in [0.1, 0.15) is 5.82 Å². The van der Waals surface area contributed by atoms with Gasteiger partial charge in [0.25, 0.3) is 0 Å². The van der Waals surface area contributed by atoms with Gasteiger partial charge >= 0.3 is 0 Å². The summed E-state index contributed by atoms with van der Waals surface area (Å²) in [6, 6.07) is 0.384. The van der Waals surface area contributed by atoms with Crippen molar-refractivity contribution in [3.63, 3.8) is 0 Å². The Balaban J connectivity index is 1.98. The van der Waals surface area contributed by atoms with Crippen LogP contribution in [0.3, 0.4) is 0 Å². The van der Waals surface area contributed by atoms with E-state index < -0.39 is 0 Å². The number of nitrogens with one attached hydrogen (secondary N) is 1. The maximum Gasteiger partial charge on any atom is 0.140 e. The molecule has 1 aromatic heterocycles. The minimum absolute atomic E-state index is 0.384. The van der Waals surface area contributed by atoms with Crippen molar-refractivity contribution in [3.05, 3.63) is 16.2 Å². The summed E-state index contributed by atoms with van der Waals surface area (Å²) in [4.78, 5) is 6.85. The summed E-state index contributed by atoms with van der Waals surface area (Å²) in [6.45, 7) is 7.70. The van der Waals surface area contributed by atoms with Crippen LogP contribution >= 0.6 is 15.9 Å². The number of nitrogens with zero attached hydrogens (tertiary/aromatic N) is 2. The molecule has 3 N–H and O–H groups in total. The molecule has 1 fully saturated rings. The second kappa shape index (κ2) is 5.89. The number of rotatable bonds is 4. The summed E-state index contributed by atoms with van der Waals surface area (Å²) in [6.07, 6.45) is 4.37. The van der Waals surface area contributed by atoms with Crippen LogP contribution < -0.4 is 11.1 Å². The Morgan fingerprint density at radius 1 is 1.50 bits per heavy atom. The molecule has 5 heteroatoms. The number of likely N-dealkylation sites (tertiary alicyclic amines) is 1. The highest BCUT2D eigenvalue weighted by atomic mass is 79.9. The van der Waals surface area contributed by atoms with Crippen molar-refractivity contribution in [1.29, 1.82) is 0 Å². The van der Waals surface area contributed by atoms with Crippen LogP contribution in [0.5, 0.6) is 0 Å². The van der Waals surface area contributed by atoms with Crippen LogP contribution in [0.15, 0.2) is 10.7 Å². The second-order valence-corrected chi connectivity index (χ2v) is 5.85. The Morgan fingerprint density at radius 2 is 2.17 bits per heavy atom. The van der Waals surface area contributed by atoms with Crippen LogP contribution in [-0.2, 0) is 0 Å². The molecule has 0 spiro atoms. The van der Waals surface area contributed by atoms with Crippen molar-refractivity contribution >= 4 is 27.4 Å². The summed E-state index contributed by atoms with van der Waals surface area (Å²) < 4.78 is 0.968. The molecule has 1 atom stereocenters. The molecule has 1 aliphatic rings. The molecule has 1 aliphatic heterocycles. The summed E-state index contributed by atoms with van der Waals surface area (Å²) in [5, 5.41) is 3.45. The van der Waals surface area contributed by atoms with E-state index in [2.05, 4.69) is 38.1 Å². The van der Waals surface area contributed by atoms with Crippen LogP contribution in [0, 0.1) is 6.92 Å². The Labute approximate surface area is 117 Å². The standard InChI is InChI=1S/C13H21BrN4/c1-9(8-18-5-3-4-6-18)17-13-12(14)10(2)11(15)7-16-13/h7,9H,3-6,8,15H2,1-2H3,(H,16,17). The van der Waals surface area contributed by atoms with Gasteiger partial charge in [-0.3, -0.25) is 0 Å². The Kier molecular flexibility index (Phi) is 4.45. The average Bonchev–Trinajstić information content (AvgIpc) is 2.83. The molecule has 0 saturated carbocycles. The highest BCUT2D eigenvalue weighted by Crippen LogP contribution is 2.28. The molecule has 0 aromatic carbocycles. The van der Waals surface area contributed by atoms with Gasteiger partial charge in [0, 0.05) is 12.6 Å². The SMILES string of the molecule is Cc1c(N)cnc(NC(C)CN2CCCC2)c1Br. The van der Waals surface area contributed by atoms with Gasteiger partial charge in [-0.05, 0) is 61.3 Å². The van der Waals surface area contributed by atoms with E-state index in [0.717, 1.165) is 28.1 Å². The lowest BCUT2D eigenvalue weighted by Gasteiger charge is -2.22. The van der Waals surface area contributed by atoms with E-state index >= 15 is 0 Å². The number of nitrogens with two attached hydrogens (primary N) is 1. The first-order valence-electron chi connectivity index (χ1n) is 6.47. The molecular weight excluding hydrogens is 292 g/mol. The Hall–Kier alpha value is -0.810. The van der Waals surface area contributed by atoms with Crippen molar-refractivity contribution in [3.8, 4) is 0 Å². The highest BCUT2D eigenvalue weighted by molar-refractivity contribution is 9.10. The number of hydrogen-bond donors (Lipinski definition) is 2. The third kappa shape index (κ3) is 3.14. The zero-order chi connectivity index (χ0) is 13.1. The highest BCUT2D eigenvalue weighted by Gasteiger charge is 2.16. The lowest BCUT2D eigenvalue weighted by atomic mass is 10.2. The lowest BCUT2D eigenvalue weighted by molar-refractivity contribution is 0.327. The molecule has 100 valence electrons. The first-order chi connectivity index (χ1) is 8.58. The number of aromatic nitrogens is 1. The molecule has 2 rings (SSSR count). The topological polar surface area (TPSA) is 54.2 Å². The summed E-state index contributed by atoms with van der Waals surface area (Å²) in [5.74, 6) is 0.883. The van der Waals surface area contributed by atoms with E-state index in [-0.39, 0.29) is 0 Å². The molecule has 18 heavy (non-hydrogen) atoms. The third-order valence-corrected chi connectivity index (χ3v) is 4.39. The first-order valence-corrected chi connectivity index (χ1v) is 7.26. The number of halogens is 1. The van der Waals surface area contributed by atoms with E-state index in [0.29, 0.717) is 6.04 Å². The molecule has 0 bridgehead atoms. The van der Waals surface area contributed by atoms with E-state index in [1.807, 2.05) is 6.92 Å². The second-order valence-electron chi connectivity index (χ2n) is 5.05. The molecular formula is C13H21BrN4.